The highest BCUT2D eigenvalue weighted by atomic mass is 79.9. The molecule has 1 aromatic rings. The van der Waals surface area contributed by atoms with Gasteiger partial charge in [-0.15, -0.1) is 0 Å². The number of nitrogens with zero attached hydrogens (tertiary/aromatic N) is 1. The molecule has 2 N–H and O–H groups in total. The van der Waals surface area contributed by atoms with Gasteiger partial charge in [0.25, 0.3) is 0 Å². The molecule has 0 fully saturated rings. The number of halogens is 2. The summed E-state index contributed by atoms with van der Waals surface area (Å²) in [5.41, 5.74) is -0.203. The van der Waals surface area contributed by atoms with E-state index in [0.29, 0.717) is 0 Å². The van der Waals surface area contributed by atoms with Crippen molar-refractivity contribution >= 4 is 33.6 Å². The monoisotopic (exact) mass is 276 g/mol. The first-order valence-corrected chi connectivity index (χ1v) is 4.92. The number of nitrogens with one attached hydrogen (secondary N) is 1. The molecule has 0 saturated carbocycles. The third-order valence-corrected chi connectivity index (χ3v) is 2.05. The summed E-state index contributed by atoms with van der Waals surface area (Å²) in [6, 6.07) is 1.19. The molecule has 1 heterocycles. The maximum absolute atomic E-state index is 13.4. The van der Waals surface area contributed by atoms with Crippen molar-refractivity contribution < 1.29 is 19.1 Å². The van der Waals surface area contributed by atoms with Crippen molar-refractivity contribution in [1.29, 1.82) is 0 Å². The molecule has 0 aromatic carbocycles. The number of carbonyl (C=O) groups is 2. The quantitative estimate of drug-likeness (QED) is 0.653. The van der Waals surface area contributed by atoms with Crippen LogP contribution in [0.2, 0.25) is 0 Å². The van der Waals surface area contributed by atoms with Gasteiger partial charge in [0, 0.05) is 6.20 Å². The maximum Gasteiger partial charge on any atom is 0.410 e. The molecule has 0 unspecified atom stereocenters. The second-order valence-electron chi connectivity index (χ2n) is 2.51. The Bertz CT molecular complexity index is 411. The summed E-state index contributed by atoms with van der Waals surface area (Å²) >= 11 is 2.89. The van der Waals surface area contributed by atoms with Crippen molar-refractivity contribution in [3.63, 3.8) is 0 Å². The first-order chi connectivity index (χ1) is 7.06. The molecule has 0 saturated heterocycles. The fraction of sp³-hybridized carbons (Fsp3) is 0.125. The molecule has 0 aliphatic rings. The third kappa shape index (κ3) is 2.72. The predicted octanol–water partition coefficient (Wildman–Crippen LogP) is 1.89. The predicted molar refractivity (Wildman–Crippen MR) is 54.0 cm³/mol. The average molecular weight is 277 g/mol. The number of pyridine rings is 1. The van der Waals surface area contributed by atoms with Crippen molar-refractivity contribution in [3.8, 4) is 0 Å². The molecule has 0 radical (unpaired) electrons. The normalized spacial score (nSPS) is 9.73. The Balaban J connectivity index is 3.11. The molecule has 1 aromatic heterocycles. The smallest absolute Gasteiger partial charge is 0.410 e. The van der Waals surface area contributed by atoms with Crippen molar-refractivity contribution in [3.05, 3.63) is 23.6 Å². The molecule has 7 heteroatoms. The van der Waals surface area contributed by atoms with Gasteiger partial charge >= 0.3 is 6.09 Å². The van der Waals surface area contributed by atoms with E-state index in [2.05, 4.69) is 20.9 Å². The summed E-state index contributed by atoms with van der Waals surface area (Å²) in [6.45, 7) is 0. The number of carboxylic acid groups (broad SMARTS) is 1. The Labute approximate surface area is 92.4 Å². The van der Waals surface area contributed by atoms with Crippen LogP contribution in [0.4, 0.5) is 15.0 Å². The van der Waals surface area contributed by atoms with Gasteiger partial charge in [0.15, 0.2) is 17.4 Å². The molecule has 0 atom stereocenters. The SMILES string of the molecule is O=C(O)Nc1nccc(C(=O)CBr)c1F. The van der Waals surface area contributed by atoms with E-state index in [4.69, 9.17) is 5.11 Å². The van der Waals surface area contributed by atoms with Crippen molar-refractivity contribution in [2.24, 2.45) is 0 Å². The lowest BCUT2D eigenvalue weighted by atomic mass is 10.2. The van der Waals surface area contributed by atoms with Crippen molar-refractivity contribution in [2.45, 2.75) is 0 Å². The van der Waals surface area contributed by atoms with E-state index in [-0.39, 0.29) is 10.9 Å². The van der Waals surface area contributed by atoms with E-state index in [9.17, 15) is 14.0 Å². The highest BCUT2D eigenvalue weighted by Gasteiger charge is 2.16. The zero-order valence-corrected chi connectivity index (χ0v) is 8.91. The standard InChI is InChI=1S/C8H6BrFN2O3/c9-3-5(13)4-1-2-11-7(6(4)10)12-8(14)15/h1-2H,3H2,(H,11,12)(H,14,15). The summed E-state index contributed by atoms with van der Waals surface area (Å²) in [4.78, 5) is 24.9. The van der Waals surface area contributed by atoms with E-state index in [1.807, 2.05) is 0 Å². The topological polar surface area (TPSA) is 79.3 Å². The molecule has 0 aliphatic carbocycles. The van der Waals surface area contributed by atoms with E-state index in [1.165, 1.54) is 6.07 Å². The molecule has 1 amide bonds. The largest absolute Gasteiger partial charge is 0.465 e. The van der Waals surface area contributed by atoms with E-state index >= 15 is 0 Å². The Hall–Kier alpha value is -1.50. The summed E-state index contributed by atoms with van der Waals surface area (Å²) < 4.78 is 13.4. The molecule has 80 valence electrons. The summed E-state index contributed by atoms with van der Waals surface area (Å²) in [5, 5.41) is 10.1. The van der Waals surface area contributed by atoms with E-state index in [0.717, 1.165) is 6.20 Å². The van der Waals surface area contributed by atoms with Crippen LogP contribution in [0.5, 0.6) is 0 Å². The van der Waals surface area contributed by atoms with Crippen LogP contribution in [0.25, 0.3) is 0 Å². The van der Waals surface area contributed by atoms with Crippen LogP contribution in [0.1, 0.15) is 10.4 Å². The number of Topliss-reactive ketones (excluding diaryl/α,β-unsaturated/α-hetero) is 1. The van der Waals surface area contributed by atoms with Crippen LogP contribution in [0.15, 0.2) is 12.3 Å². The fourth-order valence-corrected chi connectivity index (χ4v) is 1.22. The van der Waals surface area contributed by atoms with Gasteiger partial charge in [-0.1, -0.05) is 15.9 Å². The van der Waals surface area contributed by atoms with Gasteiger partial charge in [-0.05, 0) is 6.07 Å². The minimum Gasteiger partial charge on any atom is -0.465 e. The van der Waals surface area contributed by atoms with Gasteiger partial charge < -0.3 is 5.11 Å². The molecule has 0 bridgehead atoms. The molecular weight excluding hydrogens is 271 g/mol. The molecule has 0 aliphatic heterocycles. The number of carbonyl (C=O) groups excluding carboxylic acids is 1. The average Bonchev–Trinajstić information content (AvgIpc) is 2.19. The summed E-state index contributed by atoms with van der Waals surface area (Å²) in [7, 11) is 0. The lowest BCUT2D eigenvalue weighted by Gasteiger charge is -2.04. The van der Waals surface area contributed by atoms with Crippen LogP contribution in [-0.4, -0.2) is 27.3 Å². The lowest BCUT2D eigenvalue weighted by molar-refractivity contribution is 0.101. The van der Waals surface area contributed by atoms with Crippen molar-refractivity contribution in [1.82, 2.24) is 4.98 Å². The van der Waals surface area contributed by atoms with Gasteiger partial charge in [0.2, 0.25) is 0 Å². The zero-order valence-electron chi connectivity index (χ0n) is 7.33. The Morgan fingerprint density at radius 1 is 1.60 bits per heavy atom. The number of hydrogen-bond donors (Lipinski definition) is 2. The molecule has 0 spiro atoms. The summed E-state index contributed by atoms with van der Waals surface area (Å²) in [6.07, 6.45) is -0.283. The van der Waals surface area contributed by atoms with Gasteiger partial charge in [-0.2, -0.15) is 0 Å². The fourth-order valence-electron chi connectivity index (χ4n) is 0.920. The van der Waals surface area contributed by atoms with Crippen molar-refractivity contribution in [2.75, 3.05) is 10.6 Å². The zero-order chi connectivity index (χ0) is 11.4. The van der Waals surface area contributed by atoms with E-state index < -0.39 is 23.5 Å². The molecular formula is C8H6BrFN2O3. The van der Waals surface area contributed by atoms with Gasteiger partial charge in [-0.3, -0.25) is 10.1 Å². The lowest BCUT2D eigenvalue weighted by Crippen LogP contribution is -2.13. The minimum atomic E-state index is -1.44. The second kappa shape index (κ2) is 4.83. The number of rotatable bonds is 3. The first-order valence-electron chi connectivity index (χ1n) is 3.80. The van der Waals surface area contributed by atoms with Gasteiger partial charge in [0.1, 0.15) is 0 Å². The number of amides is 1. The Kier molecular flexibility index (Phi) is 3.73. The number of hydrogen-bond acceptors (Lipinski definition) is 3. The molecule has 1 rings (SSSR count). The Morgan fingerprint density at radius 2 is 2.27 bits per heavy atom. The summed E-state index contributed by atoms with van der Waals surface area (Å²) in [5.74, 6) is -1.93. The van der Waals surface area contributed by atoms with Crippen LogP contribution in [0.3, 0.4) is 0 Å². The van der Waals surface area contributed by atoms with Crippen LogP contribution in [-0.2, 0) is 0 Å². The molecule has 15 heavy (non-hydrogen) atoms. The van der Waals surface area contributed by atoms with Crippen LogP contribution >= 0.6 is 15.9 Å². The number of anilines is 1. The van der Waals surface area contributed by atoms with Crippen LogP contribution in [0, 0.1) is 5.82 Å². The Morgan fingerprint density at radius 3 is 2.80 bits per heavy atom. The van der Waals surface area contributed by atoms with Gasteiger partial charge in [-0.25, -0.2) is 14.2 Å². The first kappa shape index (κ1) is 11.6. The number of aromatic nitrogens is 1. The second-order valence-corrected chi connectivity index (χ2v) is 3.07. The number of ketones is 1. The maximum atomic E-state index is 13.4. The highest BCUT2D eigenvalue weighted by Crippen LogP contribution is 2.16. The van der Waals surface area contributed by atoms with Crippen LogP contribution < -0.4 is 5.32 Å². The number of alkyl halides is 1. The molecule has 5 nitrogen and oxygen atoms in total. The third-order valence-electron chi connectivity index (χ3n) is 1.54. The minimum absolute atomic E-state index is 0.0412. The van der Waals surface area contributed by atoms with Gasteiger partial charge in [0.05, 0.1) is 10.9 Å². The highest BCUT2D eigenvalue weighted by molar-refractivity contribution is 9.09. The van der Waals surface area contributed by atoms with E-state index in [1.54, 1.807) is 5.32 Å².